The Hall–Kier alpha value is -3.17. The second kappa shape index (κ2) is 18.2. The van der Waals surface area contributed by atoms with E-state index in [1.165, 1.54) is 0 Å². The lowest BCUT2D eigenvalue weighted by Gasteiger charge is -2.31. The molecular weight excluding hydrogens is 522 g/mol. The molecule has 2 aromatic carbocycles. The Labute approximate surface area is 237 Å². The number of carboxylic acid groups (broad SMARTS) is 1. The number of carboxylic acids is 1. The number of para-hydroxylation sites is 1. The van der Waals surface area contributed by atoms with Crippen LogP contribution in [0.2, 0.25) is 0 Å². The lowest BCUT2D eigenvalue weighted by atomic mass is 10.1. The van der Waals surface area contributed by atoms with Crippen molar-refractivity contribution in [2.45, 2.75) is 84.7 Å². The Morgan fingerprint density at radius 1 is 0.949 bits per heavy atom. The van der Waals surface area contributed by atoms with Crippen LogP contribution in [0.1, 0.15) is 75.7 Å². The van der Waals surface area contributed by atoms with Crippen molar-refractivity contribution < 1.29 is 28.9 Å². The first-order chi connectivity index (χ1) is 18.2. The number of benzene rings is 2. The van der Waals surface area contributed by atoms with Crippen molar-refractivity contribution in [3.05, 3.63) is 59.7 Å². The first-order valence-corrected chi connectivity index (χ1v) is 13.2. The van der Waals surface area contributed by atoms with E-state index in [1.54, 1.807) is 29.2 Å². The predicted molar refractivity (Wildman–Crippen MR) is 152 cm³/mol. The van der Waals surface area contributed by atoms with E-state index in [1.807, 2.05) is 52.0 Å². The van der Waals surface area contributed by atoms with Gasteiger partial charge < -0.3 is 24.2 Å². The Morgan fingerprint density at radius 2 is 1.59 bits per heavy atom. The molecule has 9 nitrogen and oxygen atoms in total. The number of carbonyl (C=O) groups excluding carboxylic acids is 1. The third kappa shape index (κ3) is 12.0. The molecule has 216 valence electrons. The van der Waals surface area contributed by atoms with Gasteiger partial charge in [-0.05, 0) is 76.8 Å². The molecule has 0 aliphatic carbocycles. The number of nitrogens with one attached hydrogen (secondary N) is 1. The van der Waals surface area contributed by atoms with E-state index in [2.05, 4.69) is 5.11 Å². The van der Waals surface area contributed by atoms with Gasteiger partial charge in [-0.3, -0.25) is 9.59 Å². The van der Waals surface area contributed by atoms with Crippen LogP contribution in [0.5, 0.6) is 11.5 Å². The van der Waals surface area contributed by atoms with Crippen molar-refractivity contribution in [3.63, 3.8) is 0 Å². The summed E-state index contributed by atoms with van der Waals surface area (Å²) < 4.78 is 17.7. The van der Waals surface area contributed by atoms with Gasteiger partial charge in [0.25, 0.3) is 5.91 Å². The summed E-state index contributed by atoms with van der Waals surface area (Å²) in [7, 11) is 0. The smallest absolute Gasteiger partial charge is 0.303 e. The highest BCUT2D eigenvalue weighted by Crippen LogP contribution is 2.25. The standard InChI is InChI=1S/C29H41N3O6.ClH/c1-21(2)32(22(3)4)29(35)25-10-6-7-11-26(25)38-28(17-16-27(33)34)37-19-9-5-8-18-36-24-14-12-23(13-15-24)20-31-30;/h6-7,10-15,21-22,28,30H,5,8-9,16-20H2,1-4H3,(H,33,34);1H. The van der Waals surface area contributed by atoms with Gasteiger partial charge in [0.05, 0.1) is 31.7 Å². The van der Waals surface area contributed by atoms with Crippen molar-refractivity contribution in [1.82, 2.24) is 4.90 Å². The monoisotopic (exact) mass is 563 g/mol. The summed E-state index contributed by atoms with van der Waals surface area (Å²) in [4.78, 5) is 26.3. The maximum atomic E-state index is 13.3. The quantitative estimate of drug-likeness (QED) is 0.118. The second-order valence-electron chi connectivity index (χ2n) is 9.62. The van der Waals surface area contributed by atoms with E-state index in [4.69, 9.17) is 19.7 Å². The Balaban J connectivity index is 0.00000760. The summed E-state index contributed by atoms with van der Waals surface area (Å²) in [5.74, 6) is 0.0917. The Bertz CT molecular complexity index is 1010. The highest BCUT2D eigenvalue weighted by Gasteiger charge is 2.25. The maximum Gasteiger partial charge on any atom is 0.303 e. The predicted octanol–water partition coefficient (Wildman–Crippen LogP) is 6.73. The Morgan fingerprint density at radius 3 is 2.21 bits per heavy atom. The molecule has 0 spiro atoms. The minimum absolute atomic E-state index is 0. The van der Waals surface area contributed by atoms with Gasteiger partial charge in [0.2, 0.25) is 0 Å². The van der Waals surface area contributed by atoms with Gasteiger partial charge in [-0.1, -0.05) is 24.3 Å². The van der Waals surface area contributed by atoms with Gasteiger partial charge in [0.15, 0.2) is 6.29 Å². The van der Waals surface area contributed by atoms with E-state index in [-0.39, 0.29) is 43.2 Å². The van der Waals surface area contributed by atoms with Crippen LogP contribution in [0.15, 0.2) is 53.6 Å². The van der Waals surface area contributed by atoms with Crippen molar-refractivity contribution in [2.75, 3.05) is 13.2 Å². The van der Waals surface area contributed by atoms with Crippen LogP contribution in [0, 0.1) is 5.53 Å². The van der Waals surface area contributed by atoms with Crippen LogP contribution in [0.4, 0.5) is 0 Å². The van der Waals surface area contributed by atoms with E-state index in [0.29, 0.717) is 31.1 Å². The van der Waals surface area contributed by atoms with Gasteiger partial charge in [0, 0.05) is 18.5 Å². The van der Waals surface area contributed by atoms with Gasteiger partial charge in [-0.2, -0.15) is 5.11 Å². The first-order valence-electron chi connectivity index (χ1n) is 13.2. The first kappa shape index (κ1) is 33.9. The van der Waals surface area contributed by atoms with Crippen molar-refractivity contribution >= 4 is 24.3 Å². The van der Waals surface area contributed by atoms with Crippen LogP contribution >= 0.6 is 12.4 Å². The van der Waals surface area contributed by atoms with E-state index < -0.39 is 12.3 Å². The molecule has 0 radical (unpaired) electrons. The van der Waals surface area contributed by atoms with Crippen molar-refractivity contribution in [1.29, 1.82) is 5.53 Å². The molecule has 2 N–H and O–H groups in total. The summed E-state index contributed by atoms with van der Waals surface area (Å²) in [6.45, 7) is 9.22. The minimum atomic E-state index is -0.934. The molecule has 0 saturated heterocycles. The van der Waals surface area contributed by atoms with Crippen LogP contribution < -0.4 is 9.47 Å². The lowest BCUT2D eigenvalue weighted by Crippen LogP contribution is -2.42. The summed E-state index contributed by atoms with van der Waals surface area (Å²) >= 11 is 0. The molecule has 0 aromatic heterocycles. The number of hydrogen-bond donors (Lipinski definition) is 2. The fourth-order valence-corrected chi connectivity index (χ4v) is 4.08. The summed E-state index contributed by atoms with van der Waals surface area (Å²) in [5.41, 5.74) is 8.31. The summed E-state index contributed by atoms with van der Waals surface area (Å²) in [5, 5.41) is 12.5. The summed E-state index contributed by atoms with van der Waals surface area (Å²) in [6.07, 6.45) is 1.75. The molecule has 1 amide bonds. The normalized spacial score (nSPS) is 11.5. The number of unbranched alkanes of at least 4 members (excludes halogenated alkanes) is 2. The number of halogens is 1. The van der Waals surface area contributed by atoms with Crippen LogP contribution in [0.3, 0.4) is 0 Å². The molecule has 0 saturated carbocycles. The minimum Gasteiger partial charge on any atom is -0.494 e. The molecule has 0 fully saturated rings. The molecule has 39 heavy (non-hydrogen) atoms. The number of aliphatic carboxylic acids is 1. The maximum absolute atomic E-state index is 13.3. The SMILES string of the molecule is CC(C)N(C(=O)c1ccccc1OC(CCC(=O)O)OCCCCCOc1ccc(CN=N)cc1)C(C)C.Cl. The van der Waals surface area contributed by atoms with E-state index in [0.717, 1.165) is 30.6 Å². The lowest BCUT2D eigenvalue weighted by molar-refractivity contribution is -0.140. The highest BCUT2D eigenvalue weighted by molar-refractivity contribution is 5.97. The third-order valence-corrected chi connectivity index (χ3v) is 5.86. The van der Waals surface area contributed by atoms with Crippen LogP contribution in [-0.2, 0) is 16.1 Å². The number of hydrogen-bond acceptors (Lipinski definition) is 7. The van der Waals surface area contributed by atoms with Gasteiger partial charge in [0.1, 0.15) is 11.5 Å². The fourth-order valence-electron chi connectivity index (χ4n) is 4.08. The largest absolute Gasteiger partial charge is 0.494 e. The van der Waals surface area contributed by atoms with Crippen LogP contribution in [0.25, 0.3) is 0 Å². The fraction of sp³-hybridized carbons (Fsp3) is 0.517. The topological polar surface area (TPSA) is 122 Å². The molecule has 0 heterocycles. The van der Waals surface area contributed by atoms with E-state index in [9.17, 15) is 14.7 Å². The number of ether oxygens (including phenoxy) is 3. The van der Waals surface area contributed by atoms with Crippen LogP contribution in [-0.4, -0.2) is 53.5 Å². The number of nitrogens with zero attached hydrogens (tertiary/aromatic N) is 2. The molecule has 0 aliphatic heterocycles. The number of rotatable bonds is 18. The highest BCUT2D eigenvalue weighted by atomic mass is 35.5. The average Bonchev–Trinajstić information content (AvgIpc) is 2.87. The van der Waals surface area contributed by atoms with Gasteiger partial charge in [-0.25, -0.2) is 5.53 Å². The number of amides is 1. The average molecular weight is 564 g/mol. The zero-order chi connectivity index (χ0) is 27.9. The van der Waals surface area contributed by atoms with Crippen molar-refractivity contribution in [3.8, 4) is 11.5 Å². The van der Waals surface area contributed by atoms with E-state index >= 15 is 0 Å². The zero-order valence-electron chi connectivity index (χ0n) is 23.3. The third-order valence-electron chi connectivity index (χ3n) is 5.86. The zero-order valence-corrected chi connectivity index (χ0v) is 24.1. The molecule has 1 unspecified atom stereocenters. The second-order valence-corrected chi connectivity index (χ2v) is 9.62. The molecule has 1 atom stereocenters. The van der Waals surface area contributed by atoms with Gasteiger partial charge >= 0.3 is 5.97 Å². The summed E-state index contributed by atoms with van der Waals surface area (Å²) in [6, 6.07) is 14.6. The Kier molecular flexibility index (Phi) is 15.8. The van der Waals surface area contributed by atoms with Gasteiger partial charge in [-0.15, -0.1) is 12.4 Å². The molecule has 0 aliphatic rings. The molecule has 0 bridgehead atoms. The molecular formula is C29H42ClN3O6. The molecule has 10 heteroatoms. The molecule has 2 aromatic rings. The number of carbonyl (C=O) groups is 2. The molecule has 2 rings (SSSR count). The van der Waals surface area contributed by atoms with Crippen molar-refractivity contribution in [2.24, 2.45) is 5.11 Å².